The van der Waals surface area contributed by atoms with E-state index in [1.54, 1.807) is 24.1 Å². The van der Waals surface area contributed by atoms with Gasteiger partial charge in [-0.1, -0.05) is 17.3 Å². The van der Waals surface area contributed by atoms with Gasteiger partial charge in [-0.3, -0.25) is 4.79 Å². The minimum absolute atomic E-state index is 0.0518. The number of nitrogens with zero attached hydrogens (tertiary/aromatic N) is 2. The molecule has 0 aliphatic carbocycles. The molecule has 1 aromatic carbocycles. The number of hydrogen-bond donors (Lipinski definition) is 2. The van der Waals surface area contributed by atoms with Crippen LogP contribution in [-0.4, -0.2) is 48.7 Å². The molecule has 0 aromatic heterocycles. The van der Waals surface area contributed by atoms with Crippen LogP contribution in [0.5, 0.6) is 0 Å². The minimum atomic E-state index is -0.375. The lowest BCUT2D eigenvalue weighted by Gasteiger charge is -2.22. The Morgan fingerprint density at radius 2 is 2.24 bits per heavy atom. The molecule has 0 aliphatic heterocycles. The lowest BCUT2D eigenvalue weighted by atomic mass is 10.1. The summed E-state index contributed by atoms with van der Waals surface area (Å²) >= 11 is 0. The molecule has 0 unspecified atom stereocenters. The van der Waals surface area contributed by atoms with Crippen LogP contribution in [0.2, 0.25) is 0 Å². The number of methoxy groups -OCH3 is 1. The maximum atomic E-state index is 13.1. The molecule has 21 heavy (non-hydrogen) atoms. The fourth-order valence-corrected chi connectivity index (χ4v) is 1.80. The number of benzene rings is 1. The maximum Gasteiger partial charge on any atom is 0.227 e. The molecule has 6 nitrogen and oxygen atoms in total. The number of ether oxygens (including phenoxy) is 1. The Balaban J connectivity index is 2.65. The quantitative estimate of drug-likeness (QED) is 0.324. The van der Waals surface area contributed by atoms with Gasteiger partial charge in [-0.2, -0.15) is 0 Å². The summed E-state index contributed by atoms with van der Waals surface area (Å²) in [6.07, 6.45) is 0.354. The number of amides is 1. The van der Waals surface area contributed by atoms with Crippen LogP contribution in [0.15, 0.2) is 29.4 Å². The van der Waals surface area contributed by atoms with Crippen molar-refractivity contribution in [3.63, 3.8) is 0 Å². The van der Waals surface area contributed by atoms with E-state index in [1.165, 1.54) is 12.1 Å². The minimum Gasteiger partial charge on any atom is -0.409 e. The van der Waals surface area contributed by atoms with Crippen LogP contribution < -0.4 is 5.73 Å². The van der Waals surface area contributed by atoms with Crippen molar-refractivity contribution in [3.05, 3.63) is 35.6 Å². The van der Waals surface area contributed by atoms with Gasteiger partial charge in [0.2, 0.25) is 5.91 Å². The first kappa shape index (κ1) is 16.9. The Morgan fingerprint density at radius 1 is 1.48 bits per heavy atom. The van der Waals surface area contributed by atoms with Crippen LogP contribution in [0, 0.1) is 5.82 Å². The van der Waals surface area contributed by atoms with Gasteiger partial charge in [0, 0.05) is 26.6 Å². The largest absolute Gasteiger partial charge is 0.409 e. The first-order chi connectivity index (χ1) is 10.1. The zero-order valence-electron chi connectivity index (χ0n) is 12.0. The number of oxime groups is 1. The predicted octanol–water partition coefficient (Wildman–Crippen LogP) is 0.980. The summed E-state index contributed by atoms with van der Waals surface area (Å²) in [5.41, 5.74) is 6.01. The molecule has 3 N–H and O–H groups in total. The Bertz CT molecular complexity index is 494. The van der Waals surface area contributed by atoms with E-state index >= 15 is 0 Å². The lowest BCUT2D eigenvalue weighted by molar-refractivity contribution is -0.131. The highest BCUT2D eigenvalue weighted by molar-refractivity contribution is 5.82. The van der Waals surface area contributed by atoms with Crippen molar-refractivity contribution >= 4 is 11.7 Å². The van der Waals surface area contributed by atoms with Crippen LogP contribution in [0.4, 0.5) is 4.39 Å². The molecular formula is C14H20FN3O3. The van der Waals surface area contributed by atoms with Crippen LogP contribution in [-0.2, 0) is 16.0 Å². The van der Waals surface area contributed by atoms with Crippen molar-refractivity contribution in [1.29, 1.82) is 0 Å². The monoisotopic (exact) mass is 297 g/mol. The number of amidine groups is 1. The molecule has 0 bridgehead atoms. The molecule has 0 saturated carbocycles. The van der Waals surface area contributed by atoms with Crippen molar-refractivity contribution in [2.45, 2.75) is 12.8 Å². The van der Waals surface area contributed by atoms with Gasteiger partial charge in [0.1, 0.15) is 11.7 Å². The summed E-state index contributed by atoms with van der Waals surface area (Å²) in [5, 5.41) is 11.4. The molecule has 0 aliphatic rings. The Hall–Kier alpha value is -2.15. The highest BCUT2D eigenvalue weighted by Gasteiger charge is 2.14. The second-order valence-corrected chi connectivity index (χ2v) is 4.52. The maximum absolute atomic E-state index is 13.1. The molecular weight excluding hydrogens is 277 g/mol. The smallest absolute Gasteiger partial charge is 0.227 e. The van der Waals surface area contributed by atoms with Crippen molar-refractivity contribution < 1.29 is 19.1 Å². The third-order valence-electron chi connectivity index (χ3n) is 2.93. The Labute approximate surface area is 123 Å². The zero-order valence-corrected chi connectivity index (χ0v) is 12.0. The van der Waals surface area contributed by atoms with Gasteiger partial charge in [0.15, 0.2) is 0 Å². The number of rotatable bonds is 8. The molecule has 0 heterocycles. The van der Waals surface area contributed by atoms with Crippen molar-refractivity contribution in [1.82, 2.24) is 4.90 Å². The molecule has 0 radical (unpaired) electrons. The average Bonchev–Trinajstić information content (AvgIpc) is 2.46. The fraction of sp³-hybridized carbons (Fsp3) is 0.429. The van der Waals surface area contributed by atoms with Gasteiger partial charge in [-0.15, -0.1) is 0 Å². The second-order valence-electron chi connectivity index (χ2n) is 4.52. The summed E-state index contributed by atoms with van der Waals surface area (Å²) in [5.74, 6) is -0.486. The van der Waals surface area contributed by atoms with E-state index in [0.29, 0.717) is 25.3 Å². The average molecular weight is 297 g/mol. The zero-order chi connectivity index (χ0) is 15.7. The van der Waals surface area contributed by atoms with E-state index in [2.05, 4.69) is 5.16 Å². The van der Waals surface area contributed by atoms with Crippen molar-refractivity contribution in [3.8, 4) is 0 Å². The van der Waals surface area contributed by atoms with Gasteiger partial charge in [-0.05, 0) is 17.7 Å². The SMILES string of the molecule is COCCN(CCC(N)=NO)C(=O)Cc1cccc(F)c1. The first-order valence-corrected chi connectivity index (χ1v) is 6.54. The van der Waals surface area contributed by atoms with E-state index < -0.39 is 0 Å². The Kier molecular flexibility index (Phi) is 7.17. The highest BCUT2D eigenvalue weighted by atomic mass is 19.1. The first-order valence-electron chi connectivity index (χ1n) is 6.54. The summed E-state index contributed by atoms with van der Waals surface area (Å²) in [6, 6.07) is 5.91. The van der Waals surface area contributed by atoms with Gasteiger partial charge >= 0.3 is 0 Å². The molecule has 0 saturated heterocycles. The van der Waals surface area contributed by atoms with Crippen LogP contribution >= 0.6 is 0 Å². The van der Waals surface area contributed by atoms with E-state index in [4.69, 9.17) is 15.7 Å². The number of hydrogen-bond acceptors (Lipinski definition) is 4. The predicted molar refractivity (Wildman–Crippen MR) is 76.6 cm³/mol. The van der Waals surface area contributed by atoms with Crippen LogP contribution in [0.1, 0.15) is 12.0 Å². The normalized spacial score (nSPS) is 11.4. The number of halogens is 1. The molecule has 0 spiro atoms. The molecule has 1 rings (SSSR count). The molecule has 1 aromatic rings. The lowest BCUT2D eigenvalue weighted by Crippen LogP contribution is -2.37. The van der Waals surface area contributed by atoms with Crippen LogP contribution in [0.25, 0.3) is 0 Å². The molecule has 0 atom stereocenters. The molecule has 0 fully saturated rings. The number of nitrogens with two attached hydrogens (primary N) is 1. The van der Waals surface area contributed by atoms with Gasteiger partial charge in [0.25, 0.3) is 0 Å². The number of carbonyl (C=O) groups is 1. The fourth-order valence-electron chi connectivity index (χ4n) is 1.80. The van der Waals surface area contributed by atoms with Gasteiger partial charge < -0.3 is 20.6 Å². The Morgan fingerprint density at radius 3 is 2.86 bits per heavy atom. The highest BCUT2D eigenvalue weighted by Crippen LogP contribution is 2.07. The van der Waals surface area contributed by atoms with E-state index in [-0.39, 0.29) is 30.4 Å². The van der Waals surface area contributed by atoms with E-state index in [9.17, 15) is 9.18 Å². The molecule has 1 amide bonds. The standard InChI is InChI=1S/C14H20FN3O3/c1-21-8-7-18(6-5-13(16)17-20)14(19)10-11-3-2-4-12(15)9-11/h2-4,9,20H,5-8,10H2,1H3,(H2,16,17). The van der Waals surface area contributed by atoms with Gasteiger partial charge in [-0.25, -0.2) is 4.39 Å². The topological polar surface area (TPSA) is 88.2 Å². The summed E-state index contributed by atoms with van der Waals surface area (Å²) < 4.78 is 18.1. The molecule has 7 heteroatoms. The van der Waals surface area contributed by atoms with E-state index in [1.807, 2.05) is 0 Å². The van der Waals surface area contributed by atoms with E-state index in [0.717, 1.165) is 0 Å². The summed E-state index contributed by atoms with van der Waals surface area (Å²) in [7, 11) is 1.54. The molecule has 116 valence electrons. The number of carbonyl (C=O) groups excluding carboxylic acids is 1. The van der Waals surface area contributed by atoms with Crippen molar-refractivity contribution in [2.75, 3.05) is 26.8 Å². The third-order valence-corrected chi connectivity index (χ3v) is 2.93. The third kappa shape index (κ3) is 6.22. The second kappa shape index (κ2) is 8.91. The van der Waals surface area contributed by atoms with Crippen molar-refractivity contribution in [2.24, 2.45) is 10.9 Å². The van der Waals surface area contributed by atoms with Gasteiger partial charge in [0.05, 0.1) is 13.0 Å². The summed E-state index contributed by atoms with van der Waals surface area (Å²) in [4.78, 5) is 13.8. The van der Waals surface area contributed by atoms with Crippen LogP contribution in [0.3, 0.4) is 0 Å². The summed E-state index contributed by atoms with van der Waals surface area (Å²) in [6.45, 7) is 1.09.